The molecule has 0 aliphatic carbocycles. The summed E-state index contributed by atoms with van der Waals surface area (Å²) in [5.41, 5.74) is 1.94. The van der Waals surface area contributed by atoms with Crippen molar-refractivity contribution in [3.63, 3.8) is 0 Å². The summed E-state index contributed by atoms with van der Waals surface area (Å²) in [6.07, 6.45) is -1.44. The van der Waals surface area contributed by atoms with E-state index >= 15 is 0 Å². The van der Waals surface area contributed by atoms with E-state index in [1.807, 2.05) is 27.7 Å². The van der Waals surface area contributed by atoms with E-state index in [4.69, 9.17) is 0 Å². The van der Waals surface area contributed by atoms with Gasteiger partial charge in [0.2, 0.25) is 0 Å². The highest BCUT2D eigenvalue weighted by Gasteiger charge is 2.31. The summed E-state index contributed by atoms with van der Waals surface area (Å²) in [5.74, 6) is 0.0664. The van der Waals surface area contributed by atoms with Gasteiger partial charge in [0.1, 0.15) is 6.10 Å². The van der Waals surface area contributed by atoms with Crippen LogP contribution in [0.1, 0.15) is 48.5 Å². The number of hydrogen-bond acceptors (Lipinski definition) is 2. The molecule has 15 heavy (non-hydrogen) atoms. The van der Waals surface area contributed by atoms with E-state index < -0.39 is 12.2 Å². The molecule has 2 atom stereocenters. The highest BCUT2D eigenvalue weighted by atomic mass is 16.3. The summed E-state index contributed by atoms with van der Waals surface area (Å²) >= 11 is 0. The van der Waals surface area contributed by atoms with Gasteiger partial charge in [0.15, 0.2) is 0 Å². The van der Waals surface area contributed by atoms with Gasteiger partial charge in [-0.25, -0.2) is 0 Å². The average molecular weight is 214 g/mol. The van der Waals surface area contributed by atoms with Crippen LogP contribution in [0.15, 0.2) is 11.1 Å². The van der Waals surface area contributed by atoms with Crippen molar-refractivity contribution < 1.29 is 10.2 Å². The fourth-order valence-corrected chi connectivity index (χ4v) is 2.02. The van der Waals surface area contributed by atoms with E-state index in [0.29, 0.717) is 0 Å². The summed E-state index contributed by atoms with van der Waals surface area (Å²) in [6, 6.07) is 0. The third kappa shape index (κ3) is 3.96. The van der Waals surface area contributed by atoms with Crippen LogP contribution in [-0.2, 0) is 0 Å². The van der Waals surface area contributed by atoms with Gasteiger partial charge in [-0.2, -0.15) is 0 Å². The van der Waals surface area contributed by atoms with Gasteiger partial charge in [-0.15, -0.1) is 0 Å². The zero-order valence-electron chi connectivity index (χ0n) is 11.1. The second-order valence-electron chi connectivity index (χ2n) is 5.84. The minimum Gasteiger partial charge on any atom is -0.390 e. The molecule has 0 aromatic carbocycles. The number of rotatable bonds is 3. The van der Waals surface area contributed by atoms with Crippen LogP contribution in [0.4, 0.5) is 0 Å². The van der Waals surface area contributed by atoms with Gasteiger partial charge in [0.05, 0.1) is 6.10 Å². The molecule has 0 saturated heterocycles. The summed E-state index contributed by atoms with van der Waals surface area (Å²) in [7, 11) is 0. The lowest BCUT2D eigenvalue weighted by molar-refractivity contribution is 0.00311. The van der Waals surface area contributed by atoms with Gasteiger partial charge < -0.3 is 10.2 Å². The first-order valence-electron chi connectivity index (χ1n) is 5.63. The van der Waals surface area contributed by atoms with Gasteiger partial charge in [-0.3, -0.25) is 0 Å². The van der Waals surface area contributed by atoms with Crippen LogP contribution in [0.3, 0.4) is 0 Å². The summed E-state index contributed by atoms with van der Waals surface area (Å²) in [5, 5.41) is 20.0. The minimum atomic E-state index is -0.755. The predicted octanol–water partition coefficient (Wildman–Crippen LogP) is 2.75. The average Bonchev–Trinajstić information content (AvgIpc) is 1.98. The first-order chi connectivity index (χ1) is 6.59. The normalized spacial score (nSPS) is 16.4. The molecule has 90 valence electrons. The Kier molecular flexibility index (Phi) is 5.01. The van der Waals surface area contributed by atoms with E-state index in [-0.39, 0.29) is 11.3 Å². The van der Waals surface area contributed by atoms with E-state index in [0.717, 1.165) is 11.1 Å². The molecule has 0 aliphatic rings. The molecule has 0 fully saturated rings. The smallest absolute Gasteiger partial charge is 0.102 e. The molecule has 0 radical (unpaired) electrons. The first kappa shape index (κ1) is 14.7. The van der Waals surface area contributed by atoms with Crippen LogP contribution in [0.2, 0.25) is 0 Å². The minimum absolute atomic E-state index is 0.0664. The summed E-state index contributed by atoms with van der Waals surface area (Å²) < 4.78 is 0. The molecule has 2 N–H and O–H groups in total. The molecule has 0 aromatic heterocycles. The largest absolute Gasteiger partial charge is 0.390 e. The molecule has 0 saturated carbocycles. The fourth-order valence-electron chi connectivity index (χ4n) is 2.02. The number of aliphatic hydroxyl groups is 2. The Morgan fingerprint density at radius 3 is 1.60 bits per heavy atom. The Balaban J connectivity index is 5.08. The number of allylic oxidation sites excluding steroid dienone is 1. The van der Waals surface area contributed by atoms with Crippen molar-refractivity contribution >= 4 is 0 Å². The van der Waals surface area contributed by atoms with E-state index in [2.05, 4.69) is 20.8 Å². The lowest BCUT2D eigenvalue weighted by atomic mass is 9.77. The quantitative estimate of drug-likeness (QED) is 0.709. The highest BCUT2D eigenvalue weighted by Crippen LogP contribution is 2.33. The molecule has 0 bridgehead atoms. The molecule has 2 heteroatoms. The second kappa shape index (κ2) is 5.13. The third-order valence-corrected chi connectivity index (χ3v) is 2.65. The second-order valence-corrected chi connectivity index (χ2v) is 5.84. The first-order valence-corrected chi connectivity index (χ1v) is 5.63. The summed E-state index contributed by atoms with van der Waals surface area (Å²) in [6.45, 7) is 14.0. The van der Waals surface area contributed by atoms with Crippen LogP contribution < -0.4 is 0 Å². The molecule has 0 aromatic rings. The zero-order valence-corrected chi connectivity index (χ0v) is 11.1. The lowest BCUT2D eigenvalue weighted by Gasteiger charge is -2.33. The Labute approximate surface area is 94.0 Å². The van der Waals surface area contributed by atoms with Gasteiger partial charge >= 0.3 is 0 Å². The molecule has 2 nitrogen and oxygen atoms in total. The molecular formula is C13H26O2. The van der Waals surface area contributed by atoms with Crippen molar-refractivity contribution in [3.8, 4) is 0 Å². The Morgan fingerprint density at radius 2 is 1.40 bits per heavy atom. The molecule has 0 spiro atoms. The maximum absolute atomic E-state index is 10.1. The molecule has 2 unspecified atom stereocenters. The van der Waals surface area contributed by atoms with Crippen molar-refractivity contribution in [3.05, 3.63) is 11.1 Å². The molecule has 0 heterocycles. The molecular weight excluding hydrogens is 188 g/mol. The van der Waals surface area contributed by atoms with Crippen LogP contribution >= 0.6 is 0 Å². The van der Waals surface area contributed by atoms with Crippen LogP contribution in [0.5, 0.6) is 0 Å². The van der Waals surface area contributed by atoms with Crippen molar-refractivity contribution in [2.45, 2.75) is 60.7 Å². The SMILES string of the molecule is CC(C)=C(C(O)C(O)C(C)C)C(C)(C)C. The van der Waals surface area contributed by atoms with E-state index in [1.165, 1.54) is 0 Å². The van der Waals surface area contributed by atoms with Gasteiger partial charge in [0, 0.05) is 0 Å². The Bertz CT molecular complexity index is 229. The molecule has 0 amide bonds. The van der Waals surface area contributed by atoms with Crippen LogP contribution in [0, 0.1) is 11.3 Å². The van der Waals surface area contributed by atoms with Crippen LogP contribution in [0.25, 0.3) is 0 Å². The van der Waals surface area contributed by atoms with Gasteiger partial charge in [-0.05, 0) is 30.8 Å². The lowest BCUT2D eigenvalue weighted by Crippen LogP contribution is -2.37. The summed E-state index contributed by atoms with van der Waals surface area (Å²) in [4.78, 5) is 0. The monoisotopic (exact) mass is 214 g/mol. The predicted molar refractivity (Wildman–Crippen MR) is 64.7 cm³/mol. The van der Waals surface area contributed by atoms with Crippen molar-refractivity contribution in [1.29, 1.82) is 0 Å². The fraction of sp³-hybridized carbons (Fsp3) is 0.846. The molecule has 0 rings (SSSR count). The van der Waals surface area contributed by atoms with Crippen LogP contribution in [-0.4, -0.2) is 22.4 Å². The number of hydrogen-bond donors (Lipinski definition) is 2. The van der Waals surface area contributed by atoms with Crippen molar-refractivity contribution in [2.75, 3.05) is 0 Å². The maximum atomic E-state index is 10.1. The Morgan fingerprint density at radius 1 is 1.00 bits per heavy atom. The molecule has 0 aliphatic heterocycles. The maximum Gasteiger partial charge on any atom is 0.102 e. The topological polar surface area (TPSA) is 40.5 Å². The third-order valence-electron chi connectivity index (χ3n) is 2.65. The highest BCUT2D eigenvalue weighted by molar-refractivity contribution is 5.22. The zero-order chi connectivity index (χ0) is 12.4. The standard InChI is InChI=1S/C13H26O2/c1-8(2)10(13(5,6)7)12(15)11(14)9(3)4/h9,11-12,14-15H,1-7H3. The van der Waals surface area contributed by atoms with E-state index in [9.17, 15) is 10.2 Å². The Hall–Kier alpha value is -0.340. The van der Waals surface area contributed by atoms with Crippen molar-refractivity contribution in [1.82, 2.24) is 0 Å². The van der Waals surface area contributed by atoms with E-state index in [1.54, 1.807) is 0 Å². The van der Waals surface area contributed by atoms with Gasteiger partial charge in [-0.1, -0.05) is 40.2 Å². The van der Waals surface area contributed by atoms with Crippen molar-refractivity contribution in [2.24, 2.45) is 11.3 Å². The van der Waals surface area contributed by atoms with Gasteiger partial charge in [0.25, 0.3) is 0 Å². The number of aliphatic hydroxyl groups excluding tert-OH is 2.